The van der Waals surface area contributed by atoms with Crippen LogP contribution in [-0.4, -0.2) is 69.9 Å². The largest absolute Gasteiger partial charge is 0.497 e. The van der Waals surface area contributed by atoms with Crippen LogP contribution < -0.4 is 9.64 Å². The van der Waals surface area contributed by atoms with Gasteiger partial charge < -0.3 is 14.5 Å². The molecule has 0 aliphatic carbocycles. The van der Waals surface area contributed by atoms with Crippen LogP contribution >= 0.6 is 0 Å². The van der Waals surface area contributed by atoms with Gasteiger partial charge in [-0.15, -0.1) is 0 Å². The number of carbonyl (C=O) groups excluding carboxylic acids is 1. The number of benzene rings is 2. The van der Waals surface area contributed by atoms with E-state index in [-0.39, 0.29) is 17.6 Å². The summed E-state index contributed by atoms with van der Waals surface area (Å²) in [6, 6.07) is 15.6. The van der Waals surface area contributed by atoms with Crippen molar-refractivity contribution in [3.8, 4) is 5.75 Å². The minimum atomic E-state index is -3.37. The van der Waals surface area contributed by atoms with Crippen molar-refractivity contribution < 1.29 is 17.9 Å². The zero-order valence-corrected chi connectivity index (χ0v) is 20.3. The lowest BCUT2D eigenvalue weighted by atomic mass is 9.96. The number of hydrogen-bond donors (Lipinski definition) is 0. The lowest BCUT2D eigenvalue weighted by Gasteiger charge is -2.39. The van der Waals surface area contributed by atoms with Crippen molar-refractivity contribution in [1.82, 2.24) is 9.21 Å². The molecular weight excluding hydrogens is 438 g/mol. The number of anilines is 1. The van der Waals surface area contributed by atoms with Gasteiger partial charge in [-0.25, -0.2) is 12.7 Å². The summed E-state index contributed by atoms with van der Waals surface area (Å²) in [5.41, 5.74) is 3.05. The van der Waals surface area contributed by atoms with Crippen LogP contribution in [0.3, 0.4) is 0 Å². The van der Waals surface area contributed by atoms with Gasteiger partial charge in [-0.2, -0.15) is 0 Å². The molecule has 0 unspecified atom stereocenters. The number of hydrogen-bond acceptors (Lipinski definition) is 5. The SMILES string of the molecule is COc1ccc(N2CCN(C(=O)C3CCN(S(=O)(=O)Cc4ccc(C)cc4)CC3)CC2)cc1. The molecule has 0 bridgehead atoms. The Morgan fingerprint density at radius 2 is 1.52 bits per heavy atom. The number of sulfonamides is 1. The van der Waals surface area contributed by atoms with E-state index in [0.29, 0.717) is 39.0 Å². The number of aryl methyl sites for hydroxylation is 1. The molecule has 2 fully saturated rings. The topological polar surface area (TPSA) is 70.2 Å². The first-order valence-electron chi connectivity index (χ1n) is 11.6. The van der Waals surface area contributed by atoms with E-state index >= 15 is 0 Å². The predicted molar refractivity (Wildman–Crippen MR) is 130 cm³/mol. The Morgan fingerprint density at radius 1 is 0.909 bits per heavy atom. The van der Waals surface area contributed by atoms with Crippen molar-refractivity contribution in [2.45, 2.75) is 25.5 Å². The molecule has 0 atom stereocenters. The standard InChI is InChI=1S/C25H33N3O4S/c1-20-3-5-21(6-4-20)19-33(30,31)28-13-11-22(12-14-28)25(29)27-17-15-26(16-18-27)23-7-9-24(32-2)10-8-23/h3-10,22H,11-19H2,1-2H3. The Balaban J connectivity index is 1.26. The molecule has 2 aliphatic rings. The Morgan fingerprint density at radius 3 is 2.09 bits per heavy atom. The average molecular weight is 472 g/mol. The minimum absolute atomic E-state index is 0.0131. The molecule has 0 spiro atoms. The van der Waals surface area contributed by atoms with E-state index in [2.05, 4.69) is 4.90 Å². The maximum Gasteiger partial charge on any atom is 0.225 e. The van der Waals surface area contributed by atoms with Crippen molar-refractivity contribution in [2.75, 3.05) is 51.3 Å². The summed E-state index contributed by atoms with van der Waals surface area (Å²) in [6.07, 6.45) is 1.18. The van der Waals surface area contributed by atoms with Crippen LogP contribution in [0.2, 0.25) is 0 Å². The molecule has 0 N–H and O–H groups in total. The number of piperidine rings is 1. The summed E-state index contributed by atoms with van der Waals surface area (Å²) >= 11 is 0. The number of carbonyl (C=O) groups is 1. The molecule has 2 saturated heterocycles. The van der Waals surface area contributed by atoms with E-state index in [1.807, 2.05) is 60.4 Å². The first-order chi connectivity index (χ1) is 15.9. The molecule has 178 valence electrons. The van der Waals surface area contributed by atoms with Gasteiger partial charge in [0.15, 0.2) is 0 Å². The monoisotopic (exact) mass is 471 g/mol. The molecule has 33 heavy (non-hydrogen) atoms. The third kappa shape index (κ3) is 5.68. The Labute approximate surface area is 197 Å². The predicted octanol–water partition coefficient (Wildman–Crippen LogP) is 2.89. The highest BCUT2D eigenvalue weighted by molar-refractivity contribution is 7.88. The van der Waals surface area contributed by atoms with Crippen molar-refractivity contribution in [3.05, 3.63) is 59.7 Å². The summed E-state index contributed by atoms with van der Waals surface area (Å²) in [7, 11) is -1.72. The summed E-state index contributed by atoms with van der Waals surface area (Å²) in [5.74, 6) is 0.919. The van der Waals surface area contributed by atoms with Gasteiger partial charge in [-0.1, -0.05) is 29.8 Å². The van der Waals surface area contributed by atoms with Crippen LogP contribution in [0, 0.1) is 12.8 Å². The number of rotatable bonds is 6. The van der Waals surface area contributed by atoms with Gasteiger partial charge in [0, 0.05) is 50.9 Å². The van der Waals surface area contributed by atoms with Crippen molar-refractivity contribution in [2.24, 2.45) is 5.92 Å². The Bertz CT molecular complexity index is 1040. The van der Waals surface area contributed by atoms with E-state index < -0.39 is 10.0 Å². The summed E-state index contributed by atoms with van der Waals surface area (Å²) in [4.78, 5) is 17.3. The number of ether oxygens (including phenoxy) is 1. The number of piperazine rings is 1. The molecule has 7 nitrogen and oxygen atoms in total. The number of nitrogens with zero attached hydrogens (tertiary/aromatic N) is 3. The summed E-state index contributed by atoms with van der Waals surface area (Å²) < 4.78 is 32.5. The average Bonchev–Trinajstić information content (AvgIpc) is 2.85. The van der Waals surface area contributed by atoms with Crippen LogP contribution in [0.1, 0.15) is 24.0 Å². The molecule has 8 heteroatoms. The third-order valence-corrected chi connectivity index (χ3v) is 8.55. The van der Waals surface area contributed by atoms with Crippen molar-refractivity contribution >= 4 is 21.6 Å². The molecule has 0 radical (unpaired) electrons. The van der Waals surface area contributed by atoms with Gasteiger partial charge >= 0.3 is 0 Å². The molecule has 0 aromatic heterocycles. The summed E-state index contributed by atoms with van der Waals surface area (Å²) in [6.45, 7) is 5.78. The Kier molecular flexibility index (Phi) is 7.24. The maximum atomic E-state index is 13.1. The second-order valence-electron chi connectivity index (χ2n) is 8.93. The first kappa shape index (κ1) is 23.6. The van der Waals surface area contributed by atoms with E-state index in [4.69, 9.17) is 4.74 Å². The molecule has 2 aliphatic heterocycles. The molecular formula is C25H33N3O4S. The third-order valence-electron chi connectivity index (χ3n) is 6.70. The quantitative estimate of drug-likeness (QED) is 0.648. The molecule has 4 rings (SSSR count). The molecule has 0 saturated carbocycles. The smallest absolute Gasteiger partial charge is 0.225 e. The second-order valence-corrected chi connectivity index (χ2v) is 10.9. The normalized spacial score (nSPS) is 18.4. The van der Waals surface area contributed by atoms with Crippen LogP contribution in [0.4, 0.5) is 5.69 Å². The highest BCUT2D eigenvalue weighted by Gasteiger charge is 2.34. The minimum Gasteiger partial charge on any atom is -0.497 e. The highest BCUT2D eigenvalue weighted by Crippen LogP contribution is 2.25. The number of amides is 1. The van der Waals surface area contributed by atoms with Gasteiger partial charge in [0.25, 0.3) is 0 Å². The molecule has 1 amide bonds. The van der Waals surface area contributed by atoms with Crippen LogP contribution in [0.15, 0.2) is 48.5 Å². The highest BCUT2D eigenvalue weighted by atomic mass is 32.2. The van der Waals surface area contributed by atoms with Gasteiger partial charge in [-0.3, -0.25) is 4.79 Å². The van der Waals surface area contributed by atoms with Crippen LogP contribution in [0.25, 0.3) is 0 Å². The second kappa shape index (κ2) is 10.1. The summed E-state index contributed by atoms with van der Waals surface area (Å²) in [5, 5.41) is 0. The fourth-order valence-corrected chi connectivity index (χ4v) is 6.17. The maximum absolute atomic E-state index is 13.1. The fourth-order valence-electron chi connectivity index (χ4n) is 4.60. The van der Waals surface area contributed by atoms with Gasteiger partial charge in [-0.05, 0) is 49.6 Å². The van der Waals surface area contributed by atoms with E-state index in [1.54, 1.807) is 11.4 Å². The van der Waals surface area contributed by atoms with Crippen LogP contribution in [0.5, 0.6) is 5.75 Å². The van der Waals surface area contributed by atoms with Crippen molar-refractivity contribution in [1.29, 1.82) is 0 Å². The van der Waals surface area contributed by atoms with Crippen LogP contribution in [-0.2, 0) is 20.6 Å². The van der Waals surface area contributed by atoms with E-state index in [1.165, 1.54) is 0 Å². The molecule has 2 heterocycles. The van der Waals surface area contributed by atoms with Gasteiger partial charge in [0.2, 0.25) is 15.9 Å². The first-order valence-corrected chi connectivity index (χ1v) is 13.2. The van der Waals surface area contributed by atoms with E-state index in [9.17, 15) is 13.2 Å². The van der Waals surface area contributed by atoms with E-state index in [0.717, 1.165) is 35.7 Å². The zero-order valence-electron chi connectivity index (χ0n) is 19.4. The lowest BCUT2D eigenvalue weighted by molar-refractivity contribution is -0.137. The van der Waals surface area contributed by atoms with Crippen molar-refractivity contribution in [3.63, 3.8) is 0 Å². The molecule has 2 aromatic rings. The number of methoxy groups -OCH3 is 1. The zero-order chi connectivity index (χ0) is 23.4. The van der Waals surface area contributed by atoms with Gasteiger partial charge in [0.05, 0.1) is 12.9 Å². The fraction of sp³-hybridized carbons (Fsp3) is 0.480. The molecule has 2 aromatic carbocycles. The van der Waals surface area contributed by atoms with Gasteiger partial charge in [0.1, 0.15) is 5.75 Å². The Hall–Kier alpha value is -2.58. The lowest BCUT2D eigenvalue weighted by Crippen LogP contribution is -2.52.